The molecule has 1 amide bonds. The van der Waals surface area contributed by atoms with Crippen molar-refractivity contribution >= 4 is 33.4 Å². The Hall–Kier alpha value is -3.05. The number of aromatic amines is 1. The van der Waals surface area contributed by atoms with Gasteiger partial charge in [0.2, 0.25) is 5.16 Å². The van der Waals surface area contributed by atoms with Gasteiger partial charge in [0.05, 0.1) is 4.90 Å². The molecule has 11 heteroatoms. The largest absolute Gasteiger partial charge is 0.484 e. The van der Waals surface area contributed by atoms with Gasteiger partial charge in [0.25, 0.3) is 15.9 Å². The highest BCUT2D eigenvalue weighted by molar-refractivity contribution is 7.99. The maximum Gasteiger partial charge on any atom is 0.261 e. The number of carbonyl (C=O) groups excluding carboxylic acids is 1. The molecule has 2 aromatic carbocycles. The number of benzene rings is 2. The number of sulfonamides is 1. The molecule has 0 atom stereocenters. The number of carbonyl (C=O) groups is 1. The van der Waals surface area contributed by atoms with Crippen LogP contribution in [-0.4, -0.2) is 48.4 Å². The molecule has 0 fully saturated rings. The first kappa shape index (κ1) is 23.6. The van der Waals surface area contributed by atoms with Crippen LogP contribution in [0.3, 0.4) is 0 Å². The summed E-state index contributed by atoms with van der Waals surface area (Å²) in [5, 5.41) is 10.1. The molecule has 0 saturated heterocycles. The van der Waals surface area contributed by atoms with Crippen molar-refractivity contribution in [1.82, 2.24) is 20.5 Å². The van der Waals surface area contributed by atoms with Crippen LogP contribution in [0, 0.1) is 20.8 Å². The Morgan fingerprint density at radius 2 is 1.84 bits per heavy atom. The highest BCUT2D eigenvalue weighted by Crippen LogP contribution is 2.21. The molecule has 3 N–H and O–H groups in total. The minimum Gasteiger partial charge on any atom is -0.484 e. The monoisotopic (exact) mass is 475 g/mol. The molecule has 1 aromatic heterocycles. The standard InChI is InChI=1S/C21H25N5O4S2/c1-14-4-5-17(12-15(14)2)26-32(28,29)19-8-6-18(7-9-19)30-13-20(27)22-10-11-31-21-23-16(3)24-25-21/h4-9,12,26H,10-11,13H2,1-3H3,(H,22,27)(H,23,24,25). The van der Waals surface area contributed by atoms with Gasteiger partial charge >= 0.3 is 0 Å². The predicted molar refractivity (Wildman–Crippen MR) is 124 cm³/mol. The van der Waals surface area contributed by atoms with E-state index in [9.17, 15) is 13.2 Å². The Balaban J connectivity index is 1.45. The molecule has 3 aromatic rings. The van der Waals surface area contributed by atoms with Crippen LogP contribution in [0.1, 0.15) is 17.0 Å². The highest BCUT2D eigenvalue weighted by Gasteiger charge is 2.15. The minimum absolute atomic E-state index is 0.103. The number of hydrogen-bond donors (Lipinski definition) is 3. The molecule has 0 unspecified atom stereocenters. The van der Waals surface area contributed by atoms with Crippen LogP contribution >= 0.6 is 11.8 Å². The van der Waals surface area contributed by atoms with E-state index >= 15 is 0 Å². The second-order valence-corrected chi connectivity index (χ2v) is 9.81. The Labute approximate surface area is 191 Å². The van der Waals surface area contributed by atoms with Crippen molar-refractivity contribution in [2.45, 2.75) is 30.8 Å². The molecular weight excluding hydrogens is 450 g/mol. The molecule has 170 valence electrons. The minimum atomic E-state index is -3.73. The molecule has 0 aliphatic carbocycles. The van der Waals surface area contributed by atoms with Gasteiger partial charge < -0.3 is 10.1 Å². The van der Waals surface area contributed by atoms with Gasteiger partial charge in [0.1, 0.15) is 11.6 Å². The number of aryl methyl sites for hydroxylation is 3. The van der Waals surface area contributed by atoms with Crippen molar-refractivity contribution in [3.8, 4) is 5.75 Å². The maximum absolute atomic E-state index is 12.6. The zero-order valence-corrected chi connectivity index (χ0v) is 19.6. The van der Waals surface area contributed by atoms with Gasteiger partial charge in [0, 0.05) is 18.0 Å². The van der Waals surface area contributed by atoms with Crippen LogP contribution in [0.15, 0.2) is 52.5 Å². The van der Waals surface area contributed by atoms with Crippen LogP contribution in [0.2, 0.25) is 0 Å². The number of thioether (sulfide) groups is 1. The van der Waals surface area contributed by atoms with Gasteiger partial charge in [-0.25, -0.2) is 13.4 Å². The second kappa shape index (κ2) is 10.5. The third kappa shape index (κ3) is 6.72. The smallest absolute Gasteiger partial charge is 0.261 e. The SMILES string of the molecule is Cc1nc(SCCNC(=O)COc2ccc(S(=O)(=O)Nc3ccc(C)c(C)c3)cc2)n[nH]1. The predicted octanol–water partition coefficient (Wildman–Crippen LogP) is 2.82. The van der Waals surface area contributed by atoms with E-state index in [1.165, 1.54) is 36.0 Å². The van der Waals surface area contributed by atoms with Crippen molar-refractivity contribution in [2.24, 2.45) is 0 Å². The number of aromatic nitrogens is 3. The number of amides is 1. The molecule has 1 heterocycles. The molecule has 3 rings (SSSR count). The van der Waals surface area contributed by atoms with E-state index in [4.69, 9.17) is 4.74 Å². The van der Waals surface area contributed by atoms with E-state index in [-0.39, 0.29) is 17.4 Å². The third-order valence-electron chi connectivity index (χ3n) is 4.50. The lowest BCUT2D eigenvalue weighted by atomic mass is 10.1. The molecule has 0 radical (unpaired) electrons. The zero-order chi connectivity index (χ0) is 23.1. The van der Waals surface area contributed by atoms with Crippen LogP contribution in [0.5, 0.6) is 5.75 Å². The van der Waals surface area contributed by atoms with Crippen LogP contribution in [-0.2, 0) is 14.8 Å². The van der Waals surface area contributed by atoms with Crippen LogP contribution in [0.25, 0.3) is 0 Å². The summed E-state index contributed by atoms with van der Waals surface area (Å²) in [6.07, 6.45) is 0. The van der Waals surface area contributed by atoms with Crippen molar-refractivity contribution in [2.75, 3.05) is 23.6 Å². The number of nitrogens with one attached hydrogen (secondary N) is 3. The van der Waals surface area contributed by atoms with E-state index in [0.29, 0.717) is 28.9 Å². The summed E-state index contributed by atoms with van der Waals surface area (Å²) in [5.74, 6) is 1.49. The summed E-state index contributed by atoms with van der Waals surface area (Å²) in [6, 6.07) is 11.3. The molecule has 0 saturated carbocycles. The zero-order valence-electron chi connectivity index (χ0n) is 18.0. The first-order valence-corrected chi connectivity index (χ1v) is 12.3. The summed E-state index contributed by atoms with van der Waals surface area (Å²) >= 11 is 1.43. The van der Waals surface area contributed by atoms with Crippen molar-refractivity contribution in [1.29, 1.82) is 0 Å². The fourth-order valence-electron chi connectivity index (χ4n) is 2.65. The summed E-state index contributed by atoms with van der Waals surface area (Å²) in [6.45, 7) is 5.98. The van der Waals surface area contributed by atoms with E-state index in [1.54, 1.807) is 12.1 Å². The molecule has 32 heavy (non-hydrogen) atoms. The Kier molecular flexibility index (Phi) is 7.75. The molecule has 0 aliphatic heterocycles. The van der Waals surface area contributed by atoms with E-state index < -0.39 is 10.0 Å². The first-order valence-electron chi connectivity index (χ1n) is 9.84. The molecular formula is C21H25N5O4S2. The fraction of sp³-hybridized carbons (Fsp3) is 0.286. The second-order valence-electron chi connectivity index (χ2n) is 7.07. The first-order chi connectivity index (χ1) is 15.2. The lowest BCUT2D eigenvalue weighted by Crippen LogP contribution is -2.30. The Morgan fingerprint density at radius 3 is 2.50 bits per heavy atom. The van der Waals surface area contributed by atoms with Crippen molar-refractivity contribution in [3.63, 3.8) is 0 Å². The number of rotatable bonds is 10. The van der Waals surface area contributed by atoms with Gasteiger partial charge in [-0.1, -0.05) is 17.8 Å². The maximum atomic E-state index is 12.6. The van der Waals surface area contributed by atoms with Gasteiger partial charge in [-0.2, -0.15) is 0 Å². The van der Waals surface area contributed by atoms with E-state index in [2.05, 4.69) is 25.2 Å². The van der Waals surface area contributed by atoms with E-state index in [0.717, 1.165) is 17.0 Å². The molecule has 9 nitrogen and oxygen atoms in total. The summed E-state index contributed by atoms with van der Waals surface area (Å²) in [7, 11) is -3.73. The fourth-order valence-corrected chi connectivity index (χ4v) is 4.40. The number of hydrogen-bond acceptors (Lipinski definition) is 7. The van der Waals surface area contributed by atoms with Crippen molar-refractivity contribution < 1.29 is 17.9 Å². The molecule has 0 aliphatic rings. The van der Waals surface area contributed by atoms with Gasteiger partial charge in [-0.05, 0) is 68.3 Å². The highest BCUT2D eigenvalue weighted by atomic mass is 32.2. The average Bonchev–Trinajstić information content (AvgIpc) is 3.17. The van der Waals surface area contributed by atoms with Gasteiger partial charge in [0.15, 0.2) is 6.61 Å². The van der Waals surface area contributed by atoms with Crippen LogP contribution < -0.4 is 14.8 Å². The Bertz CT molecular complexity index is 1180. The molecule has 0 spiro atoms. The number of nitrogens with zero attached hydrogens (tertiary/aromatic N) is 2. The van der Waals surface area contributed by atoms with Gasteiger partial charge in [-0.3, -0.25) is 14.6 Å². The summed E-state index contributed by atoms with van der Waals surface area (Å²) in [5.41, 5.74) is 2.59. The van der Waals surface area contributed by atoms with E-state index in [1.807, 2.05) is 26.8 Å². The van der Waals surface area contributed by atoms with Crippen molar-refractivity contribution in [3.05, 3.63) is 59.4 Å². The lowest BCUT2D eigenvalue weighted by molar-refractivity contribution is -0.122. The normalized spacial score (nSPS) is 11.2. The number of ether oxygens (including phenoxy) is 1. The number of H-pyrrole nitrogens is 1. The van der Waals surface area contributed by atoms with Gasteiger partial charge in [-0.15, -0.1) is 5.10 Å². The average molecular weight is 476 g/mol. The summed E-state index contributed by atoms with van der Waals surface area (Å²) < 4.78 is 33.2. The molecule has 0 bridgehead atoms. The summed E-state index contributed by atoms with van der Waals surface area (Å²) in [4.78, 5) is 16.2. The number of anilines is 1. The topological polar surface area (TPSA) is 126 Å². The third-order valence-corrected chi connectivity index (χ3v) is 6.74. The lowest BCUT2D eigenvalue weighted by Gasteiger charge is -2.11. The quantitative estimate of drug-likeness (QED) is 0.304. The van der Waals surface area contributed by atoms with Crippen LogP contribution in [0.4, 0.5) is 5.69 Å². The Morgan fingerprint density at radius 1 is 1.09 bits per heavy atom.